The zero-order valence-corrected chi connectivity index (χ0v) is 21.5. The minimum Gasteiger partial charge on any atom is -0.465 e. The number of hydrogen-bond acceptors (Lipinski definition) is 5. The Morgan fingerprint density at radius 3 is 2.11 bits per heavy atom. The maximum atomic E-state index is 13.6. The number of rotatable bonds is 10. The number of carboxylic acid groups (broad SMARTS) is 1. The first kappa shape index (κ1) is 27.9. The molecule has 1 heterocycles. The second kappa shape index (κ2) is 12.0. The SMILES string of the molecule is CC(=O)C1(c2ccccc2)CCN(C(=O)C(COCc2ccccc2)NC(=O)C(C)(C)NC(=O)O)CC1. The lowest BCUT2D eigenvalue weighted by Crippen LogP contribution is -2.61. The lowest BCUT2D eigenvalue weighted by Gasteiger charge is -2.41. The smallest absolute Gasteiger partial charge is 0.405 e. The van der Waals surface area contributed by atoms with Crippen molar-refractivity contribution in [2.45, 2.75) is 57.2 Å². The zero-order chi connectivity index (χ0) is 27.1. The molecule has 37 heavy (non-hydrogen) atoms. The van der Waals surface area contributed by atoms with E-state index in [9.17, 15) is 19.2 Å². The first-order valence-electron chi connectivity index (χ1n) is 12.3. The van der Waals surface area contributed by atoms with Gasteiger partial charge in [-0.2, -0.15) is 0 Å². The molecule has 1 saturated heterocycles. The molecule has 1 unspecified atom stereocenters. The number of ketones is 1. The Hall–Kier alpha value is -3.72. The first-order valence-corrected chi connectivity index (χ1v) is 12.3. The van der Waals surface area contributed by atoms with Crippen molar-refractivity contribution in [3.63, 3.8) is 0 Å². The van der Waals surface area contributed by atoms with E-state index in [-0.39, 0.29) is 24.9 Å². The molecule has 198 valence electrons. The number of benzene rings is 2. The number of nitrogens with zero attached hydrogens (tertiary/aromatic N) is 1. The fourth-order valence-electron chi connectivity index (χ4n) is 4.64. The van der Waals surface area contributed by atoms with Gasteiger partial charge in [0, 0.05) is 13.1 Å². The molecule has 1 aliphatic rings. The topological polar surface area (TPSA) is 125 Å². The molecular weight excluding hydrogens is 474 g/mol. The molecular formula is C28H35N3O6. The molecule has 0 aromatic heterocycles. The molecule has 1 aliphatic heterocycles. The fourth-order valence-corrected chi connectivity index (χ4v) is 4.64. The number of likely N-dealkylation sites (tertiary alicyclic amines) is 1. The zero-order valence-electron chi connectivity index (χ0n) is 21.5. The maximum Gasteiger partial charge on any atom is 0.405 e. The summed E-state index contributed by atoms with van der Waals surface area (Å²) in [5.74, 6) is -0.919. The van der Waals surface area contributed by atoms with Crippen molar-refractivity contribution < 1.29 is 29.0 Å². The molecule has 9 nitrogen and oxygen atoms in total. The van der Waals surface area contributed by atoms with Crippen LogP contribution < -0.4 is 10.6 Å². The highest BCUT2D eigenvalue weighted by Crippen LogP contribution is 2.36. The molecule has 0 bridgehead atoms. The number of piperidine rings is 1. The highest BCUT2D eigenvalue weighted by molar-refractivity contribution is 5.94. The van der Waals surface area contributed by atoms with Gasteiger partial charge in [0.1, 0.15) is 17.4 Å². The first-order chi connectivity index (χ1) is 17.5. The normalized spacial score (nSPS) is 15.9. The van der Waals surface area contributed by atoms with E-state index in [1.54, 1.807) is 11.8 Å². The second-order valence-corrected chi connectivity index (χ2v) is 9.91. The summed E-state index contributed by atoms with van der Waals surface area (Å²) >= 11 is 0. The van der Waals surface area contributed by atoms with Crippen LogP contribution in [0.25, 0.3) is 0 Å². The van der Waals surface area contributed by atoms with Crippen molar-refractivity contribution in [1.82, 2.24) is 15.5 Å². The van der Waals surface area contributed by atoms with Gasteiger partial charge < -0.3 is 25.4 Å². The Morgan fingerprint density at radius 2 is 1.57 bits per heavy atom. The lowest BCUT2D eigenvalue weighted by atomic mass is 9.70. The summed E-state index contributed by atoms with van der Waals surface area (Å²) in [4.78, 5) is 51.9. The standard InChI is InChI=1S/C28H35N3O6/c1-20(32)28(22-12-8-5-9-13-22)14-16-31(17-15-28)24(33)23(19-37-18-21-10-6-4-7-11-21)29-25(34)27(2,3)30-26(35)36/h4-13,23,30H,14-19H2,1-3H3,(H,29,34)(H,35,36). The van der Waals surface area contributed by atoms with Crippen LogP contribution in [0.5, 0.6) is 0 Å². The summed E-state index contributed by atoms with van der Waals surface area (Å²) in [6.45, 7) is 5.27. The van der Waals surface area contributed by atoms with Gasteiger partial charge in [0.15, 0.2) is 0 Å². The number of carbonyl (C=O) groups excluding carboxylic acids is 3. The van der Waals surface area contributed by atoms with Gasteiger partial charge in [-0.15, -0.1) is 0 Å². The monoisotopic (exact) mass is 509 g/mol. The van der Waals surface area contributed by atoms with Crippen molar-refractivity contribution in [3.8, 4) is 0 Å². The minimum absolute atomic E-state index is 0.0586. The molecule has 0 aliphatic carbocycles. The molecule has 0 saturated carbocycles. The second-order valence-electron chi connectivity index (χ2n) is 9.91. The van der Waals surface area contributed by atoms with Crippen molar-refractivity contribution >= 4 is 23.7 Å². The van der Waals surface area contributed by atoms with Gasteiger partial charge in [-0.3, -0.25) is 14.4 Å². The molecule has 2 aromatic rings. The van der Waals surface area contributed by atoms with Crippen LogP contribution in [-0.4, -0.2) is 65.0 Å². The van der Waals surface area contributed by atoms with Gasteiger partial charge in [-0.25, -0.2) is 4.79 Å². The van der Waals surface area contributed by atoms with Crippen LogP contribution in [0.2, 0.25) is 0 Å². The summed E-state index contributed by atoms with van der Waals surface area (Å²) in [6, 6.07) is 18.0. The van der Waals surface area contributed by atoms with Crippen molar-refractivity contribution in [2.75, 3.05) is 19.7 Å². The molecule has 2 aromatic carbocycles. The Labute approximate surface area is 217 Å². The average molecular weight is 510 g/mol. The van der Waals surface area contributed by atoms with Crippen LogP contribution in [0.15, 0.2) is 60.7 Å². The summed E-state index contributed by atoms with van der Waals surface area (Å²) in [5, 5.41) is 13.9. The number of hydrogen-bond donors (Lipinski definition) is 3. The third-order valence-electron chi connectivity index (χ3n) is 6.92. The van der Waals surface area contributed by atoms with E-state index in [0.29, 0.717) is 25.9 Å². The van der Waals surface area contributed by atoms with E-state index in [1.807, 2.05) is 60.7 Å². The predicted molar refractivity (Wildman–Crippen MR) is 138 cm³/mol. The van der Waals surface area contributed by atoms with Crippen LogP contribution in [0.3, 0.4) is 0 Å². The predicted octanol–water partition coefficient (Wildman–Crippen LogP) is 2.88. The van der Waals surface area contributed by atoms with Gasteiger partial charge in [-0.1, -0.05) is 60.7 Å². The van der Waals surface area contributed by atoms with Gasteiger partial charge in [-0.05, 0) is 44.7 Å². The molecule has 1 atom stereocenters. The molecule has 3 N–H and O–H groups in total. The highest BCUT2D eigenvalue weighted by Gasteiger charge is 2.42. The van der Waals surface area contributed by atoms with Gasteiger partial charge in [0.25, 0.3) is 0 Å². The summed E-state index contributed by atoms with van der Waals surface area (Å²) < 4.78 is 5.78. The van der Waals surface area contributed by atoms with Crippen LogP contribution in [0.4, 0.5) is 4.79 Å². The quantitative estimate of drug-likeness (QED) is 0.452. The number of Topliss-reactive ketones (excluding diaryl/α,β-unsaturated/α-hetero) is 1. The number of ether oxygens (including phenoxy) is 1. The fraction of sp³-hybridized carbons (Fsp3) is 0.429. The van der Waals surface area contributed by atoms with Gasteiger partial charge >= 0.3 is 6.09 Å². The maximum absolute atomic E-state index is 13.6. The van der Waals surface area contributed by atoms with Crippen LogP contribution in [-0.2, 0) is 31.1 Å². The van der Waals surface area contributed by atoms with E-state index in [2.05, 4.69) is 10.6 Å². The molecule has 0 radical (unpaired) electrons. The van der Waals surface area contributed by atoms with Gasteiger partial charge in [0.05, 0.1) is 18.6 Å². The van der Waals surface area contributed by atoms with E-state index in [4.69, 9.17) is 9.84 Å². The molecule has 3 rings (SSSR count). The minimum atomic E-state index is -1.46. The third kappa shape index (κ3) is 6.95. The molecule has 0 spiro atoms. The summed E-state index contributed by atoms with van der Waals surface area (Å²) in [5.41, 5.74) is -0.260. The van der Waals surface area contributed by atoms with E-state index >= 15 is 0 Å². The van der Waals surface area contributed by atoms with Crippen LogP contribution in [0.1, 0.15) is 44.7 Å². The lowest BCUT2D eigenvalue weighted by molar-refractivity contribution is -0.142. The Balaban J connectivity index is 1.73. The van der Waals surface area contributed by atoms with E-state index < -0.39 is 29.0 Å². The van der Waals surface area contributed by atoms with Gasteiger partial charge in [0.2, 0.25) is 11.8 Å². The van der Waals surface area contributed by atoms with Crippen LogP contribution >= 0.6 is 0 Å². The van der Waals surface area contributed by atoms with Crippen molar-refractivity contribution in [1.29, 1.82) is 0 Å². The van der Waals surface area contributed by atoms with Crippen molar-refractivity contribution in [2.24, 2.45) is 0 Å². The third-order valence-corrected chi connectivity index (χ3v) is 6.92. The Kier molecular flexibility index (Phi) is 9.04. The molecule has 9 heteroatoms. The number of amides is 3. The average Bonchev–Trinajstić information content (AvgIpc) is 2.88. The van der Waals surface area contributed by atoms with Crippen molar-refractivity contribution in [3.05, 3.63) is 71.8 Å². The Bertz CT molecular complexity index is 1100. The highest BCUT2D eigenvalue weighted by atomic mass is 16.5. The van der Waals surface area contributed by atoms with Crippen LogP contribution in [0, 0.1) is 0 Å². The largest absolute Gasteiger partial charge is 0.465 e. The summed E-state index contributed by atoms with van der Waals surface area (Å²) in [7, 11) is 0. The summed E-state index contributed by atoms with van der Waals surface area (Å²) in [6.07, 6.45) is -0.411. The Morgan fingerprint density at radius 1 is 1.00 bits per heavy atom. The van der Waals surface area contributed by atoms with E-state index in [0.717, 1.165) is 11.1 Å². The number of carbonyl (C=O) groups is 4. The number of nitrogens with one attached hydrogen (secondary N) is 2. The molecule has 3 amide bonds. The van der Waals surface area contributed by atoms with E-state index in [1.165, 1.54) is 13.8 Å². The molecule has 1 fully saturated rings.